The summed E-state index contributed by atoms with van der Waals surface area (Å²) in [5.74, 6) is 0. The van der Waals surface area contributed by atoms with Gasteiger partial charge in [-0.2, -0.15) is 4.52 Å². The van der Waals surface area contributed by atoms with Crippen LogP contribution in [0.2, 0.25) is 5.02 Å². The molecule has 0 amide bonds. The highest BCUT2D eigenvalue weighted by atomic mass is 35.5. The number of aromatic nitrogens is 3. The predicted octanol–water partition coefficient (Wildman–Crippen LogP) is 4.11. The van der Waals surface area contributed by atoms with Crippen molar-refractivity contribution in [1.29, 1.82) is 0 Å². The molecule has 2 aromatic heterocycles. The molecule has 0 atom stereocenters. The number of hydrogen-bond donors (Lipinski definition) is 0. The first-order valence-corrected chi connectivity index (χ1v) is 7.95. The predicted molar refractivity (Wildman–Crippen MR) is 96.0 cm³/mol. The van der Waals surface area contributed by atoms with Crippen molar-refractivity contribution in [3.63, 3.8) is 0 Å². The summed E-state index contributed by atoms with van der Waals surface area (Å²) in [6.45, 7) is 1.82. The summed E-state index contributed by atoms with van der Waals surface area (Å²) in [5, 5.41) is 0.673. The Bertz CT molecular complexity index is 1080. The lowest BCUT2D eigenvalue weighted by Gasteiger charge is -2.11. The fourth-order valence-electron chi connectivity index (χ4n) is 2.85. The fourth-order valence-corrected chi connectivity index (χ4v) is 2.97. The van der Waals surface area contributed by atoms with E-state index in [0.29, 0.717) is 16.4 Å². The molecule has 24 heavy (non-hydrogen) atoms. The Morgan fingerprint density at radius 3 is 2.38 bits per heavy atom. The molecule has 0 bridgehead atoms. The van der Waals surface area contributed by atoms with Crippen LogP contribution in [0.1, 0.15) is 5.69 Å². The first-order chi connectivity index (χ1) is 11.6. The summed E-state index contributed by atoms with van der Waals surface area (Å²) >= 11 is 6.01. The maximum atomic E-state index is 12.6. The molecule has 4 aromatic rings. The summed E-state index contributed by atoms with van der Waals surface area (Å²) in [6, 6.07) is 20.8. The molecule has 0 fully saturated rings. The van der Waals surface area contributed by atoms with Crippen molar-refractivity contribution >= 4 is 17.2 Å². The smallest absolute Gasteiger partial charge is 0.267 e. The lowest BCUT2D eigenvalue weighted by Crippen LogP contribution is -2.20. The van der Waals surface area contributed by atoms with Gasteiger partial charge in [-0.1, -0.05) is 41.9 Å². The Kier molecular flexibility index (Phi) is 3.47. The lowest BCUT2D eigenvalue weighted by molar-refractivity contribution is 0.766. The van der Waals surface area contributed by atoms with E-state index in [1.807, 2.05) is 72.3 Å². The molecule has 0 aliphatic rings. The van der Waals surface area contributed by atoms with Gasteiger partial charge < -0.3 is 0 Å². The van der Waals surface area contributed by atoms with E-state index in [-0.39, 0.29) is 5.56 Å². The van der Waals surface area contributed by atoms with E-state index in [2.05, 4.69) is 4.98 Å². The van der Waals surface area contributed by atoms with Crippen LogP contribution in [0.4, 0.5) is 0 Å². The number of aryl methyl sites for hydroxylation is 1. The lowest BCUT2D eigenvalue weighted by atomic mass is 10.1. The van der Waals surface area contributed by atoms with Crippen LogP contribution in [0, 0.1) is 6.92 Å². The Labute approximate surface area is 143 Å². The number of benzene rings is 2. The van der Waals surface area contributed by atoms with Crippen molar-refractivity contribution in [2.24, 2.45) is 0 Å². The molecular weight excluding hydrogens is 322 g/mol. The zero-order chi connectivity index (χ0) is 16.7. The molecule has 0 spiro atoms. The minimum absolute atomic E-state index is 0.110. The van der Waals surface area contributed by atoms with Gasteiger partial charge in [-0.05, 0) is 31.2 Å². The minimum atomic E-state index is -0.110. The third-order valence-corrected chi connectivity index (χ3v) is 4.14. The average molecular weight is 336 g/mol. The van der Waals surface area contributed by atoms with Crippen molar-refractivity contribution in [3.8, 4) is 16.9 Å². The summed E-state index contributed by atoms with van der Waals surface area (Å²) in [7, 11) is 0. The second kappa shape index (κ2) is 5.65. The SMILES string of the molecule is Cc1cc(=O)n2c(cc(-c3ccc(Cl)cc3)n2-c2ccccc2)n1. The molecule has 0 unspecified atom stereocenters. The van der Waals surface area contributed by atoms with Gasteiger partial charge in [0.05, 0.1) is 11.4 Å². The van der Waals surface area contributed by atoms with Crippen molar-refractivity contribution < 1.29 is 0 Å². The maximum absolute atomic E-state index is 12.6. The van der Waals surface area contributed by atoms with Crippen LogP contribution in [0.25, 0.3) is 22.6 Å². The number of para-hydroxylation sites is 1. The Balaban J connectivity index is 2.11. The van der Waals surface area contributed by atoms with Crippen molar-refractivity contribution in [2.75, 3.05) is 0 Å². The second-order valence-electron chi connectivity index (χ2n) is 5.59. The van der Waals surface area contributed by atoms with Gasteiger partial charge in [0.1, 0.15) is 0 Å². The van der Waals surface area contributed by atoms with Crippen LogP contribution in [-0.4, -0.2) is 14.2 Å². The fraction of sp³-hybridized carbons (Fsp3) is 0.0526. The molecule has 0 N–H and O–H groups in total. The summed E-state index contributed by atoms with van der Waals surface area (Å²) < 4.78 is 3.47. The summed E-state index contributed by atoms with van der Waals surface area (Å²) in [6.07, 6.45) is 0. The number of rotatable bonds is 2. The molecule has 4 nitrogen and oxygen atoms in total. The first kappa shape index (κ1) is 14.7. The zero-order valence-corrected chi connectivity index (χ0v) is 13.7. The van der Waals surface area contributed by atoms with Gasteiger partial charge in [0.15, 0.2) is 5.65 Å². The highest BCUT2D eigenvalue weighted by Gasteiger charge is 2.14. The van der Waals surface area contributed by atoms with Gasteiger partial charge in [0.25, 0.3) is 5.56 Å². The molecule has 0 aliphatic carbocycles. The van der Waals surface area contributed by atoms with Crippen LogP contribution >= 0.6 is 11.6 Å². The molecule has 0 radical (unpaired) electrons. The third-order valence-electron chi connectivity index (χ3n) is 3.88. The second-order valence-corrected chi connectivity index (χ2v) is 6.03. The molecule has 118 valence electrons. The Hall–Kier alpha value is -2.85. The van der Waals surface area contributed by atoms with Crippen LogP contribution in [0.3, 0.4) is 0 Å². The van der Waals surface area contributed by atoms with Crippen LogP contribution in [-0.2, 0) is 0 Å². The van der Waals surface area contributed by atoms with Gasteiger partial charge in [-0.25, -0.2) is 9.67 Å². The summed E-state index contributed by atoms with van der Waals surface area (Å²) in [4.78, 5) is 17.1. The highest BCUT2D eigenvalue weighted by molar-refractivity contribution is 6.30. The minimum Gasteiger partial charge on any atom is -0.267 e. The number of nitrogens with zero attached hydrogens (tertiary/aromatic N) is 3. The van der Waals surface area contributed by atoms with Gasteiger partial charge >= 0.3 is 0 Å². The van der Waals surface area contributed by atoms with E-state index in [1.54, 1.807) is 4.52 Å². The highest BCUT2D eigenvalue weighted by Crippen LogP contribution is 2.26. The molecule has 0 aliphatic heterocycles. The number of hydrogen-bond acceptors (Lipinski definition) is 2. The quantitative estimate of drug-likeness (QED) is 0.553. The zero-order valence-electron chi connectivity index (χ0n) is 13.0. The van der Waals surface area contributed by atoms with E-state index in [1.165, 1.54) is 6.07 Å². The van der Waals surface area contributed by atoms with Crippen LogP contribution < -0.4 is 5.56 Å². The van der Waals surface area contributed by atoms with E-state index >= 15 is 0 Å². The van der Waals surface area contributed by atoms with Crippen molar-refractivity contribution in [3.05, 3.63) is 87.8 Å². The topological polar surface area (TPSA) is 39.3 Å². The van der Waals surface area contributed by atoms with Crippen molar-refractivity contribution in [2.45, 2.75) is 6.92 Å². The maximum Gasteiger partial charge on any atom is 0.273 e. The third kappa shape index (κ3) is 2.41. The normalized spacial score (nSPS) is 11.1. The van der Waals surface area contributed by atoms with Gasteiger partial charge in [0, 0.05) is 28.4 Å². The number of fused-ring (bicyclic) bond motifs is 1. The van der Waals surface area contributed by atoms with Gasteiger partial charge in [0.2, 0.25) is 0 Å². The van der Waals surface area contributed by atoms with Crippen LogP contribution in [0.15, 0.2) is 71.5 Å². The van der Waals surface area contributed by atoms with Crippen molar-refractivity contribution in [1.82, 2.24) is 14.2 Å². The molecule has 2 aromatic carbocycles. The monoisotopic (exact) mass is 335 g/mol. The van der Waals surface area contributed by atoms with Gasteiger partial charge in [-0.15, -0.1) is 0 Å². The average Bonchev–Trinajstić information content (AvgIpc) is 2.96. The molecule has 0 saturated heterocycles. The Morgan fingerprint density at radius 2 is 1.67 bits per heavy atom. The molecule has 2 heterocycles. The Morgan fingerprint density at radius 1 is 0.958 bits per heavy atom. The first-order valence-electron chi connectivity index (χ1n) is 7.57. The molecule has 0 saturated carbocycles. The molecular formula is C19H14ClN3O. The summed E-state index contributed by atoms with van der Waals surface area (Å²) in [5.41, 5.74) is 3.95. The standard InChI is InChI=1S/C19H14ClN3O/c1-13-11-19(24)23-18(21-13)12-17(14-7-9-15(20)10-8-14)22(23)16-5-3-2-4-6-16/h2-12H,1H3. The molecule has 5 heteroatoms. The van der Waals surface area contributed by atoms with E-state index in [0.717, 1.165) is 16.9 Å². The van der Waals surface area contributed by atoms with E-state index in [4.69, 9.17) is 11.6 Å². The molecule has 4 rings (SSSR count). The van der Waals surface area contributed by atoms with Gasteiger partial charge in [-0.3, -0.25) is 4.79 Å². The van der Waals surface area contributed by atoms with E-state index < -0.39 is 0 Å². The number of halogens is 1. The van der Waals surface area contributed by atoms with E-state index in [9.17, 15) is 4.79 Å². The van der Waals surface area contributed by atoms with Crippen LogP contribution in [0.5, 0.6) is 0 Å². The largest absolute Gasteiger partial charge is 0.273 e.